The number of hydrogen-bond acceptors (Lipinski definition) is 4. The first-order valence-corrected chi connectivity index (χ1v) is 6.94. The van der Waals surface area contributed by atoms with Crippen molar-refractivity contribution in [3.8, 4) is 0 Å². The third-order valence-electron chi connectivity index (χ3n) is 3.50. The number of anilines is 1. The molecule has 4 nitrogen and oxygen atoms in total. The second-order valence-corrected chi connectivity index (χ2v) is 5.51. The summed E-state index contributed by atoms with van der Waals surface area (Å²) in [7, 11) is 2.17. The third-order valence-corrected chi connectivity index (χ3v) is 3.69. The normalized spacial score (nSPS) is 25.1. The maximum atomic E-state index is 6.01. The van der Waals surface area contributed by atoms with Gasteiger partial charge < -0.3 is 10.2 Å². The van der Waals surface area contributed by atoms with Gasteiger partial charge in [0.1, 0.15) is 16.8 Å². The predicted molar refractivity (Wildman–Crippen MR) is 75.1 cm³/mol. The Labute approximate surface area is 114 Å². The molecule has 1 saturated heterocycles. The molecule has 0 spiro atoms. The summed E-state index contributed by atoms with van der Waals surface area (Å²) in [6.07, 6.45) is 1.94. The molecule has 2 unspecified atom stereocenters. The molecule has 2 heterocycles. The second kappa shape index (κ2) is 5.85. The molecule has 2 rings (SSSR count). The van der Waals surface area contributed by atoms with Gasteiger partial charge in [0.2, 0.25) is 0 Å². The molecule has 1 aliphatic rings. The van der Waals surface area contributed by atoms with E-state index in [0.717, 1.165) is 37.6 Å². The van der Waals surface area contributed by atoms with Gasteiger partial charge in [-0.1, -0.05) is 25.4 Å². The van der Waals surface area contributed by atoms with Crippen LogP contribution in [0.5, 0.6) is 0 Å². The molecule has 0 amide bonds. The van der Waals surface area contributed by atoms with Crippen LogP contribution in [0.3, 0.4) is 0 Å². The van der Waals surface area contributed by atoms with Gasteiger partial charge in [0, 0.05) is 25.1 Å². The molecule has 1 fully saturated rings. The smallest absolute Gasteiger partial charge is 0.134 e. The van der Waals surface area contributed by atoms with Crippen LogP contribution in [0.25, 0.3) is 0 Å². The zero-order chi connectivity index (χ0) is 13.1. The van der Waals surface area contributed by atoms with E-state index in [1.807, 2.05) is 13.0 Å². The summed E-state index contributed by atoms with van der Waals surface area (Å²) >= 11 is 6.01. The van der Waals surface area contributed by atoms with E-state index in [4.69, 9.17) is 11.6 Å². The minimum atomic E-state index is 0.469. The summed E-state index contributed by atoms with van der Waals surface area (Å²) in [6.45, 7) is 6.56. The quantitative estimate of drug-likeness (QED) is 0.855. The maximum absolute atomic E-state index is 6.01. The zero-order valence-electron chi connectivity index (χ0n) is 11.3. The molecule has 1 aromatic heterocycles. The van der Waals surface area contributed by atoms with E-state index in [-0.39, 0.29) is 0 Å². The van der Waals surface area contributed by atoms with Crippen LogP contribution in [-0.2, 0) is 6.42 Å². The van der Waals surface area contributed by atoms with E-state index < -0.39 is 0 Å². The SMILES string of the molecule is CCc1nc(Cl)cc(NC2CCN(C)CC2C)n1. The number of nitrogens with zero attached hydrogens (tertiary/aromatic N) is 3. The molecule has 1 aromatic rings. The number of rotatable bonds is 3. The summed E-state index contributed by atoms with van der Waals surface area (Å²) in [5, 5.41) is 4.02. The lowest BCUT2D eigenvalue weighted by atomic mass is 9.94. The van der Waals surface area contributed by atoms with Gasteiger partial charge in [0.15, 0.2) is 0 Å². The van der Waals surface area contributed by atoms with Gasteiger partial charge in [-0.25, -0.2) is 9.97 Å². The number of aryl methyl sites for hydroxylation is 1. The Hall–Kier alpha value is -0.870. The molecule has 0 saturated carbocycles. The second-order valence-electron chi connectivity index (χ2n) is 5.12. The Morgan fingerprint density at radius 1 is 1.50 bits per heavy atom. The van der Waals surface area contributed by atoms with Crippen molar-refractivity contribution in [1.29, 1.82) is 0 Å². The number of aromatic nitrogens is 2. The number of likely N-dealkylation sites (tertiary alicyclic amines) is 1. The maximum Gasteiger partial charge on any atom is 0.134 e. The van der Waals surface area contributed by atoms with E-state index >= 15 is 0 Å². The average molecular weight is 269 g/mol. The van der Waals surface area contributed by atoms with E-state index in [9.17, 15) is 0 Å². The lowest BCUT2D eigenvalue weighted by Gasteiger charge is -2.35. The fourth-order valence-corrected chi connectivity index (χ4v) is 2.66. The Morgan fingerprint density at radius 3 is 2.94 bits per heavy atom. The van der Waals surface area contributed by atoms with Crippen LogP contribution >= 0.6 is 11.6 Å². The van der Waals surface area contributed by atoms with Gasteiger partial charge in [-0.05, 0) is 25.9 Å². The van der Waals surface area contributed by atoms with Crippen LogP contribution in [0.1, 0.15) is 26.1 Å². The van der Waals surface area contributed by atoms with Crippen LogP contribution in [0.4, 0.5) is 5.82 Å². The number of halogens is 1. The highest BCUT2D eigenvalue weighted by Gasteiger charge is 2.24. The molecule has 1 aliphatic heterocycles. The van der Waals surface area contributed by atoms with Crippen molar-refractivity contribution in [3.63, 3.8) is 0 Å². The van der Waals surface area contributed by atoms with Crippen LogP contribution in [-0.4, -0.2) is 41.0 Å². The van der Waals surface area contributed by atoms with Gasteiger partial charge in [0.05, 0.1) is 0 Å². The van der Waals surface area contributed by atoms with Crippen molar-refractivity contribution in [2.45, 2.75) is 32.7 Å². The number of nitrogens with one attached hydrogen (secondary N) is 1. The Morgan fingerprint density at radius 2 is 2.28 bits per heavy atom. The lowest BCUT2D eigenvalue weighted by molar-refractivity contribution is 0.206. The van der Waals surface area contributed by atoms with Crippen LogP contribution < -0.4 is 5.32 Å². The Bertz CT molecular complexity index is 410. The van der Waals surface area contributed by atoms with Gasteiger partial charge in [-0.15, -0.1) is 0 Å². The summed E-state index contributed by atoms with van der Waals surface area (Å²) < 4.78 is 0. The van der Waals surface area contributed by atoms with Crippen LogP contribution in [0.15, 0.2) is 6.07 Å². The molecule has 0 bridgehead atoms. The fourth-order valence-electron chi connectivity index (χ4n) is 2.46. The monoisotopic (exact) mass is 268 g/mol. The molecule has 0 radical (unpaired) electrons. The standard InChI is InChI=1S/C13H21ClN4/c1-4-12-16-11(14)7-13(17-12)15-10-5-6-18(3)8-9(10)2/h7,9-10H,4-6,8H2,1-3H3,(H,15,16,17). The first-order valence-electron chi connectivity index (χ1n) is 6.57. The highest BCUT2D eigenvalue weighted by Crippen LogP contribution is 2.20. The number of hydrogen-bond donors (Lipinski definition) is 1. The molecule has 0 aliphatic carbocycles. The third kappa shape index (κ3) is 3.33. The lowest BCUT2D eigenvalue weighted by Crippen LogP contribution is -2.43. The Balaban J connectivity index is 2.06. The average Bonchev–Trinajstić information content (AvgIpc) is 2.32. The van der Waals surface area contributed by atoms with E-state index in [0.29, 0.717) is 17.1 Å². The van der Waals surface area contributed by atoms with Crippen molar-refractivity contribution in [2.24, 2.45) is 5.92 Å². The van der Waals surface area contributed by atoms with Crippen molar-refractivity contribution >= 4 is 17.4 Å². The zero-order valence-corrected chi connectivity index (χ0v) is 12.0. The largest absolute Gasteiger partial charge is 0.367 e. The van der Waals surface area contributed by atoms with E-state index in [1.54, 1.807) is 0 Å². The molecule has 18 heavy (non-hydrogen) atoms. The molecule has 0 aromatic carbocycles. The molecule has 2 atom stereocenters. The van der Waals surface area contributed by atoms with Gasteiger partial charge in [0.25, 0.3) is 0 Å². The van der Waals surface area contributed by atoms with Crippen molar-refractivity contribution < 1.29 is 0 Å². The molecular weight excluding hydrogens is 248 g/mol. The minimum Gasteiger partial charge on any atom is -0.367 e. The minimum absolute atomic E-state index is 0.469. The van der Waals surface area contributed by atoms with Crippen molar-refractivity contribution in [1.82, 2.24) is 14.9 Å². The summed E-state index contributed by atoms with van der Waals surface area (Å²) in [5.41, 5.74) is 0. The fraction of sp³-hybridized carbons (Fsp3) is 0.692. The first kappa shape index (κ1) is 13.6. The molecule has 5 heteroatoms. The van der Waals surface area contributed by atoms with Gasteiger partial charge >= 0.3 is 0 Å². The van der Waals surface area contributed by atoms with Crippen LogP contribution in [0, 0.1) is 5.92 Å². The van der Waals surface area contributed by atoms with E-state index in [1.165, 1.54) is 0 Å². The summed E-state index contributed by atoms with van der Waals surface area (Å²) in [5.74, 6) is 2.27. The van der Waals surface area contributed by atoms with Gasteiger partial charge in [-0.3, -0.25) is 0 Å². The summed E-state index contributed by atoms with van der Waals surface area (Å²) in [4.78, 5) is 11.0. The summed E-state index contributed by atoms with van der Waals surface area (Å²) in [6, 6.07) is 2.28. The predicted octanol–water partition coefficient (Wildman–Crippen LogP) is 2.44. The van der Waals surface area contributed by atoms with Gasteiger partial charge in [-0.2, -0.15) is 0 Å². The van der Waals surface area contributed by atoms with Crippen molar-refractivity contribution in [2.75, 3.05) is 25.5 Å². The molecule has 100 valence electrons. The highest BCUT2D eigenvalue weighted by molar-refractivity contribution is 6.29. The van der Waals surface area contributed by atoms with Crippen molar-refractivity contribution in [3.05, 3.63) is 17.0 Å². The van der Waals surface area contributed by atoms with E-state index in [2.05, 4.69) is 34.2 Å². The topological polar surface area (TPSA) is 41.1 Å². The molecular formula is C13H21ClN4. The molecule has 1 N–H and O–H groups in total. The Kier molecular flexibility index (Phi) is 4.40. The highest BCUT2D eigenvalue weighted by atomic mass is 35.5. The number of piperidine rings is 1. The van der Waals surface area contributed by atoms with Crippen LogP contribution in [0.2, 0.25) is 5.15 Å². The first-order chi connectivity index (χ1) is 8.58.